The number of halogens is 2. The molecule has 0 unspecified atom stereocenters. The summed E-state index contributed by atoms with van der Waals surface area (Å²) in [5.74, 6) is -2.89. The molecule has 0 saturated heterocycles. The maximum atomic E-state index is 13.3. The molecule has 1 aromatic heterocycles. The zero-order valence-electron chi connectivity index (χ0n) is 8.82. The van der Waals surface area contributed by atoms with Crippen LogP contribution in [0.2, 0.25) is 0 Å². The van der Waals surface area contributed by atoms with Crippen molar-refractivity contribution < 1.29 is 13.6 Å². The number of aromatic nitrogens is 3. The van der Waals surface area contributed by atoms with Crippen molar-refractivity contribution in [1.29, 1.82) is 0 Å². The van der Waals surface area contributed by atoms with Crippen molar-refractivity contribution in [3.05, 3.63) is 41.7 Å². The maximum absolute atomic E-state index is 13.3. The highest BCUT2D eigenvalue weighted by Crippen LogP contribution is 2.12. The summed E-state index contributed by atoms with van der Waals surface area (Å²) in [5.41, 5.74) is -0.381. The second-order valence-corrected chi connectivity index (χ2v) is 3.26. The first-order chi connectivity index (χ1) is 8.09. The second-order valence-electron chi connectivity index (χ2n) is 3.26. The summed E-state index contributed by atoms with van der Waals surface area (Å²) in [6.07, 6.45) is 1.23. The number of hydrogen-bond donors (Lipinski definition) is 1. The zero-order chi connectivity index (χ0) is 12.4. The third kappa shape index (κ3) is 2.12. The van der Waals surface area contributed by atoms with Crippen molar-refractivity contribution in [3.63, 3.8) is 0 Å². The van der Waals surface area contributed by atoms with Gasteiger partial charge in [0.1, 0.15) is 6.33 Å². The molecule has 1 N–H and O–H groups in total. The van der Waals surface area contributed by atoms with Crippen LogP contribution in [-0.2, 0) is 7.05 Å². The molecule has 0 aliphatic rings. The van der Waals surface area contributed by atoms with Crippen LogP contribution < -0.4 is 5.32 Å². The highest BCUT2D eigenvalue weighted by atomic mass is 19.2. The van der Waals surface area contributed by atoms with Gasteiger partial charge in [0.05, 0.1) is 5.56 Å². The van der Waals surface area contributed by atoms with Gasteiger partial charge in [0, 0.05) is 7.05 Å². The molecule has 17 heavy (non-hydrogen) atoms. The van der Waals surface area contributed by atoms with Gasteiger partial charge in [-0.15, -0.1) is 0 Å². The number of hydrogen-bond acceptors (Lipinski definition) is 3. The van der Waals surface area contributed by atoms with Gasteiger partial charge >= 0.3 is 0 Å². The smallest absolute Gasteiger partial charge is 0.261 e. The van der Waals surface area contributed by atoms with E-state index in [9.17, 15) is 13.6 Å². The molecule has 0 bridgehead atoms. The molecule has 0 atom stereocenters. The van der Waals surface area contributed by atoms with Gasteiger partial charge in [0.15, 0.2) is 11.6 Å². The summed E-state index contributed by atoms with van der Waals surface area (Å²) in [5, 5.41) is 6.04. The predicted octanol–water partition coefficient (Wildman–Crippen LogP) is 1.35. The van der Waals surface area contributed by atoms with Gasteiger partial charge in [-0.2, -0.15) is 10.1 Å². The minimum atomic E-state index is -1.19. The summed E-state index contributed by atoms with van der Waals surface area (Å²) < 4.78 is 27.5. The lowest BCUT2D eigenvalue weighted by Crippen LogP contribution is -2.17. The minimum absolute atomic E-state index is 0.152. The van der Waals surface area contributed by atoms with E-state index in [-0.39, 0.29) is 11.5 Å². The summed E-state index contributed by atoms with van der Waals surface area (Å²) in [4.78, 5) is 15.4. The number of amides is 1. The van der Waals surface area contributed by atoms with E-state index in [1.807, 2.05) is 0 Å². The van der Waals surface area contributed by atoms with Gasteiger partial charge in [0.2, 0.25) is 5.95 Å². The van der Waals surface area contributed by atoms with Crippen molar-refractivity contribution in [3.8, 4) is 0 Å². The first-order valence-electron chi connectivity index (χ1n) is 4.69. The van der Waals surface area contributed by atoms with Gasteiger partial charge in [-0.05, 0) is 12.1 Å². The molecule has 0 fully saturated rings. The van der Waals surface area contributed by atoms with E-state index < -0.39 is 17.5 Å². The molecule has 1 amide bonds. The highest BCUT2D eigenvalue weighted by Gasteiger charge is 2.16. The summed E-state index contributed by atoms with van der Waals surface area (Å²) in [7, 11) is 1.56. The fourth-order valence-electron chi connectivity index (χ4n) is 1.26. The molecule has 0 aliphatic carbocycles. The molecular weight excluding hydrogens is 230 g/mol. The Labute approximate surface area is 95.1 Å². The molecule has 1 aromatic carbocycles. The van der Waals surface area contributed by atoms with Gasteiger partial charge in [0.25, 0.3) is 5.91 Å². The fourth-order valence-corrected chi connectivity index (χ4v) is 1.26. The van der Waals surface area contributed by atoms with Crippen LogP contribution in [0.4, 0.5) is 14.7 Å². The fraction of sp³-hybridized carbons (Fsp3) is 0.100. The number of carbonyl (C=O) groups is 1. The van der Waals surface area contributed by atoms with Gasteiger partial charge in [-0.25, -0.2) is 13.5 Å². The molecule has 0 aliphatic heterocycles. The molecule has 0 radical (unpaired) electrons. The average Bonchev–Trinajstić information content (AvgIpc) is 2.68. The molecule has 5 nitrogen and oxygen atoms in total. The Bertz CT molecular complexity index is 567. The van der Waals surface area contributed by atoms with Crippen molar-refractivity contribution in [2.75, 3.05) is 5.32 Å². The monoisotopic (exact) mass is 238 g/mol. The van der Waals surface area contributed by atoms with Crippen LogP contribution in [0.15, 0.2) is 24.5 Å². The van der Waals surface area contributed by atoms with E-state index in [4.69, 9.17) is 0 Å². The van der Waals surface area contributed by atoms with Crippen LogP contribution in [0.3, 0.4) is 0 Å². The number of rotatable bonds is 2. The van der Waals surface area contributed by atoms with E-state index in [0.717, 1.165) is 6.07 Å². The lowest BCUT2D eigenvalue weighted by Gasteiger charge is -2.04. The molecule has 0 spiro atoms. The summed E-state index contributed by atoms with van der Waals surface area (Å²) >= 11 is 0. The van der Waals surface area contributed by atoms with E-state index in [0.29, 0.717) is 0 Å². The van der Waals surface area contributed by atoms with Crippen molar-refractivity contribution in [2.45, 2.75) is 0 Å². The molecule has 0 saturated carbocycles. The molecule has 2 aromatic rings. The van der Waals surface area contributed by atoms with Crippen LogP contribution in [-0.4, -0.2) is 20.7 Å². The molecule has 7 heteroatoms. The second kappa shape index (κ2) is 4.28. The predicted molar refractivity (Wildman–Crippen MR) is 55.3 cm³/mol. The number of benzene rings is 1. The topological polar surface area (TPSA) is 59.8 Å². The highest BCUT2D eigenvalue weighted by molar-refractivity contribution is 6.03. The quantitative estimate of drug-likeness (QED) is 0.859. The Morgan fingerprint density at radius 2 is 2.18 bits per heavy atom. The Morgan fingerprint density at radius 3 is 2.82 bits per heavy atom. The largest absolute Gasteiger partial charge is 0.291 e. The van der Waals surface area contributed by atoms with Crippen LogP contribution >= 0.6 is 0 Å². The standard InChI is InChI=1S/C10H8F2N4O/c1-16-10(13-5-14-16)15-9(17)6-3-2-4-7(11)8(6)12/h2-5H,1H3,(H,13,14,15,17). The van der Waals surface area contributed by atoms with Gasteiger partial charge in [-0.1, -0.05) is 6.07 Å². The summed E-state index contributed by atoms with van der Waals surface area (Å²) in [6, 6.07) is 3.38. The lowest BCUT2D eigenvalue weighted by molar-refractivity contribution is 0.102. The SMILES string of the molecule is Cn1ncnc1NC(=O)c1cccc(F)c1F. The molecular formula is C10H8F2N4O. The van der Waals surface area contributed by atoms with Gasteiger partial charge < -0.3 is 0 Å². The third-order valence-electron chi connectivity index (χ3n) is 2.13. The Balaban J connectivity index is 2.27. The minimum Gasteiger partial charge on any atom is -0.291 e. The van der Waals surface area contributed by atoms with E-state index in [1.165, 1.54) is 23.1 Å². The normalized spacial score (nSPS) is 10.3. The molecule has 2 rings (SSSR count). The maximum Gasteiger partial charge on any atom is 0.261 e. The van der Waals surface area contributed by atoms with Crippen LogP contribution in [0, 0.1) is 11.6 Å². The number of carbonyl (C=O) groups excluding carboxylic acids is 1. The first kappa shape index (κ1) is 11.2. The van der Waals surface area contributed by atoms with Crippen LogP contribution in [0.5, 0.6) is 0 Å². The number of aryl methyl sites for hydroxylation is 1. The average molecular weight is 238 g/mol. The van der Waals surface area contributed by atoms with Crippen molar-refractivity contribution in [1.82, 2.24) is 14.8 Å². The third-order valence-corrected chi connectivity index (χ3v) is 2.13. The van der Waals surface area contributed by atoms with Crippen LogP contribution in [0.25, 0.3) is 0 Å². The lowest BCUT2D eigenvalue weighted by atomic mass is 10.2. The Hall–Kier alpha value is -2.31. The Morgan fingerprint density at radius 1 is 1.41 bits per heavy atom. The number of nitrogens with zero attached hydrogens (tertiary/aromatic N) is 3. The Kier molecular flexibility index (Phi) is 2.82. The van der Waals surface area contributed by atoms with Crippen LogP contribution in [0.1, 0.15) is 10.4 Å². The molecule has 1 heterocycles. The first-order valence-corrected chi connectivity index (χ1v) is 4.69. The van der Waals surface area contributed by atoms with Gasteiger partial charge in [-0.3, -0.25) is 10.1 Å². The van der Waals surface area contributed by atoms with Crippen molar-refractivity contribution in [2.24, 2.45) is 7.05 Å². The zero-order valence-corrected chi connectivity index (χ0v) is 8.82. The van der Waals surface area contributed by atoms with E-state index >= 15 is 0 Å². The number of anilines is 1. The van der Waals surface area contributed by atoms with Crippen molar-refractivity contribution >= 4 is 11.9 Å². The van der Waals surface area contributed by atoms with E-state index in [1.54, 1.807) is 7.05 Å². The molecule has 88 valence electrons. The number of nitrogens with one attached hydrogen (secondary N) is 1. The van der Waals surface area contributed by atoms with E-state index in [2.05, 4.69) is 15.4 Å². The summed E-state index contributed by atoms with van der Waals surface area (Å²) in [6.45, 7) is 0.